The molecule has 3 rings (SSSR count). The third-order valence-electron chi connectivity index (χ3n) is 4.52. The molecule has 0 aliphatic rings. The van der Waals surface area contributed by atoms with Gasteiger partial charge in [-0.05, 0) is 54.4 Å². The number of carbonyl (C=O) groups excluding carboxylic acids is 1. The van der Waals surface area contributed by atoms with Crippen LogP contribution in [0.1, 0.15) is 30.6 Å². The molecule has 0 fully saturated rings. The number of para-hydroxylation sites is 1. The van der Waals surface area contributed by atoms with Crippen molar-refractivity contribution in [2.24, 2.45) is 7.05 Å². The molecule has 1 amide bonds. The monoisotopic (exact) mass is 459 g/mol. The van der Waals surface area contributed by atoms with E-state index in [2.05, 4.69) is 32.8 Å². The average molecular weight is 460 g/mol. The first-order valence-electron chi connectivity index (χ1n) is 9.13. The third-order valence-corrected chi connectivity index (χ3v) is 5.15. The Hall–Kier alpha value is -2.67. The molecule has 3 aromatic rings. The van der Waals surface area contributed by atoms with E-state index >= 15 is 0 Å². The maximum Gasteiger partial charge on any atom is 0.253 e. The summed E-state index contributed by atoms with van der Waals surface area (Å²) in [5.41, 5.74) is 1.32. The lowest BCUT2D eigenvalue weighted by atomic mass is 9.94. The quantitative estimate of drug-likeness (QED) is 0.505. The van der Waals surface area contributed by atoms with Crippen LogP contribution in [-0.4, -0.2) is 27.6 Å². The number of aryl methyl sites for hydroxylation is 1. The summed E-state index contributed by atoms with van der Waals surface area (Å²) in [5.74, 6) is -0.581. The van der Waals surface area contributed by atoms with E-state index in [1.807, 2.05) is 31.7 Å². The largest absolute Gasteiger partial charge is 0.488 e. The van der Waals surface area contributed by atoms with E-state index in [9.17, 15) is 9.18 Å². The molecule has 0 aliphatic heterocycles. The van der Waals surface area contributed by atoms with E-state index in [4.69, 9.17) is 4.74 Å². The Labute approximate surface area is 177 Å². The number of nitrogens with one attached hydrogen (secondary N) is 1. The van der Waals surface area contributed by atoms with Crippen LogP contribution in [0.15, 0.2) is 59.4 Å². The van der Waals surface area contributed by atoms with E-state index < -0.39 is 11.4 Å². The number of hydrogen-bond donors (Lipinski definition) is 1. The van der Waals surface area contributed by atoms with Crippen LogP contribution >= 0.6 is 15.9 Å². The number of amides is 1. The minimum absolute atomic E-state index is 0.0945. The molecule has 0 aliphatic carbocycles. The first kappa shape index (κ1) is 21.0. The zero-order valence-electron chi connectivity index (χ0n) is 16.6. The fourth-order valence-corrected chi connectivity index (χ4v) is 3.88. The van der Waals surface area contributed by atoms with Gasteiger partial charge in [0, 0.05) is 29.3 Å². The Morgan fingerprint density at radius 1 is 1.41 bits per heavy atom. The van der Waals surface area contributed by atoms with Gasteiger partial charge in [-0.1, -0.05) is 17.7 Å². The Bertz CT molecular complexity index is 1080. The van der Waals surface area contributed by atoms with Gasteiger partial charge < -0.3 is 14.6 Å². The van der Waals surface area contributed by atoms with Crippen LogP contribution < -0.4 is 10.1 Å². The number of hydrogen-bond acceptors (Lipinski definition) is 3. The van der Waals surface area contributed by atoms with Crippen LogP contribution in [0.25, 0.3) is 11.0 Å². The van der Waals surface area contributed by atoms with Crippen molar-refractivity contribution in [3.8, 4) is 5.75 Å². The van der Waals surface area contributed by atoms with Gasteiger partial charge in [-0.15, -0.1) is 6.58 Å². The molecule has 29 heavy (non-hydrogen) atoms. The standard InChI is InChI=1S/C22H23BrFN3O2/c1-14(2)10-22(3,13-29-19-8-6-5-7-18(19)24)26-21(28)15-9-16-17(23)12-27(4)20(16)25-11-15/h5-9,11-12H,1,10,13H2,2-4H3,(H,26,28). The van der Waals surface area contributed by atoms with E-state index in [-0.39, 0.29) is 18.3 Å². The summed E-state index contributed by atoms with van der Waals surface area (Å²) in [6, 6.07) is 7.99. The lowest BCUT2D eigenvalue weighted by molar-refractivity contribution is 0.0864. The van der Waals surface area contributed by atoms with Crippen molar-refractivity contribution in [1.29, 1.82) is 0 Å². The molecule has 152 valence electrons. The van der Waals surface area contributed by atoms with E-state index in [1.165, 1.54) is 6.07 Å². The summed E-state index contributed by atoms with van der Waals surface area (Å²) in [4.78, 5) is 17.3. The van der Waals surface area contributed by atoms with Gasteiger partial charge >= 0.3 is 0 Å². The smallest absolute Gasteiger partial charge is 0.253 e. The van der Waals surface area contributed by atoms with Crippen LogP contribution in [0, 0.1) is 5.82 Å². The van der Waals surface area contributed by atoms with Crippen LogP contribution in [0.5, 0.6) is 5.75 Å². The van der Waals surface area contributed by atoms with Crippen LogP contribution in [-0.2, 0) is 7.05 Å². The molecular formula is C22H23BrFN3O2. The number of nitrogens with zero attached hydrogens (tertiary/aromatic N) is 2. The number of aromatic nitrogens is 2. The average Bonchev–Trinajstić information content (AvgIpc) is 2.94. The Kier molecular flexibility index (Phi) is 6.07. The molecule has 0 spiro atoms. The van der Waals surface area contributed by atoms with Crippen LogP contribution in [0.4, 0.5) is 4.39 Å². The molecule has 0 saturated heterocycles. The molecule has 5 nitrogen and oxygen atoms in total. The zero-order valence-corrected chi connectivity index (χ0v) is 18.2. The Balaban J connectivity index is 1.81. The van der Waals surface area contributed by atoms with Crippen molar-refractivity contribution in [2.75, 3.05) is 6.61 Å². The van der Waals surface area contributed by atoms with Gasteiger partial charge in [0.1, 0.15) is 12.3 Å². The second-order valence-corrected chi connectivity index (χ2v) is 8.41. The Morgan fingerprint density at radius 2 is 2.14 bits per heavy atom. The zero-order chi connectivity index (χ0) is 21.2. The molecule has 7 heteroatoms. The molecule has 0 radical (unpaired) electrons. The highest BCUT2D eigenvalue weighted by Gasteiger charge is 2.29. The van der Waals surface area contributed by atoms with Gasteiger partial charge in [0.25, 0.3) is 5.91 Å². The minimum atomic E-state index is -0.770. The van der Waals surface area contributed by atoms with Crippen molar-refractivity contribution in [1.82, 2.24) is 14.9 Å². The molecule has 0 saturated carbocycles. The summed E-state index contributed by atoms with van der Waals surface area (Å²) in [5, 5.41) is 3.86. The number of rotatable bonds is 7. The van der Waals surface area contributed by atoms with E-state index in [0.717, 1.165) is 21.1 Å². The van der Waals surface area contributed by atoms with Gasteiger partial charge in [-0.25, -0.2) is 9.37 Å². The summed E-state index contributed by atoms with van der Waals surface area (Å²) in [6.07, 6.45) is 3.92. The number of benzene rings is 1. The number of carbonyl (C=O) groups is 1. The molecule has 0 bridgehead atoms. The number of ether oxygens (including phenoxy) is 1. The number of halogens is 2. The van der Waals surface area contributed by atoms with Crippen molar-refractivity contribution in [2.45, 2.75) is 25.8 Å². The maximum atomic E-state index is 13.9. The highest BCUT2D eigenvalue weighted by molar-refractivity contribution is 9.10. The molecule has 2 heterocycles. The molecular weight excluding hydrogens is 437 g/mol. The maximum absolute atomic E-state index is 13.9. The third kappa shape index (κ3) is 4.85. The van der Waals surface area contributed by atoms with Crippen LogP contribution in [0.3, 0.4) is 0 Å². The fourth-order valence-electron chi connectivity index (χ4n) is 3.28. The van der Waals surface area contributed by atoms with Crippen molar-refractivity contribution >= 4 is 32.9 Å². The number of pyridine rings is 1. The molecule has 1 N–H and O–H groups in total. The minimum Gasteiger partial charge on any atom is -0.488 e. The van der Waals surface area contributed by atoms with Crippen molar-refractivity contribution in [3.05, 3.63) is 70.7 Å². The normalized spacial score (nSPS) is 13.1. The SMILES string of the molecule is C=C(C)CC(C)(COc1ccccc1F)NC(=O)c1cnc2c(c1)c(Br)cn2C. The summed E-state index contributed by atoms with van der Waals surface area (Å²) < 4.78 is 22.3. The van der Waals surface area contributed by atoms with Crippen molar-refractivity contribution in [3.63, 3.8) is 0 Å². The summed E-state index contributed by atoms with van der Waals surface area (Å²) in [6.45, 7) is 7.77. The van der Waals surface area contributed by atoms with E-state index in [1.54, 1.807) is 30.5 Å². The van der Waals surface area contributed by atoms with Gasteiger partial charge in [0.15, 0.2) is 11.6 Å². The van der Waals surface area contributed by atoms with Gasteiger partial charge in [0.05, 0.1) is 11.1 Å². The fraction of sp³-hybridized carbons (Fsp3) is 0.273. The highest BCUT2D eigenvalue weighted by atomic mass is 79.9. The predicted octanol–water partition coefficient (Wildman–Crippen LogP) is 5.01. The van der Waals surface area contributed by atoms with Gasteiger partial charge in [-0.2, -0.15) is 0 Å². The van der Waals surface area contributed by atoms with Gasteiger partial charge in [0.2, 0.25) is 0 Å². The van der Waals surface area contributed by atoms with Gasteiger partial charge in [-0.3, -0.25) is 4.79 Å². The van der Waals surface area contributed by atoms with E-state index in [0.29, 0.717) is 12.0 Å². The van der Waals surface area contributed by atoms with Crippen molar-refractivity contribution < 1.29 is 13.9 Å². The first-order valence-corrected chi connectivity index (χ1v) is 9.92. The second kappa shape index (κ2) is 8.37. The summed E-state index contributed by atoms with van der Waals surface area (Å²) in [7, 11) is 1.89. The molecule has 2 aromatic heterocycles. The molecule has 1 unspecified atom stereocenters. The number of fused-ring (bicyclic) bond motifs is 1. The Morgan fingerprint density at radius 3 is 2.83 bits per heavy atom. The highest BCUT2D eigenvalue weighted by Crippen LogP contribution is 2.26. The summed E-state index contributed by atoms with van der Waals surface area (Å²) >= 11 is 3.49. The predicted molar refractivity (Wildman–Crippen MR) is 116 cm³/mol. The second-order valence-electron chi connectivity index (χ2n) is 7.55. The van der Waals surface area contributed by atoms with Crippen LogP contribution in [0.2, 0.25) is 0 Å². The molecule has 1 aromatic carbocycles. The topological polar surface area (TPSA) is 56.1 Å². The molecule has 1 atom stereocenters. The lowest BCUT2D eigenvalue weighted by Gasteiger charge is -2.31. The first-order chi connectivity index (χ1) is 13.7. The lowest BCUT2D eigenvalue weighted by Crippen LogP contribution is -2.50.